The lowest BCUT2D eigenvalue weighted by atomic mass is 10.3. The zero-order valence-electron chi connectivity index (χ0n) is 8.68. The summed E-state index contributed by atoms with van der Waals surface area (Å²) in [5.41, 5.74) is 1.03. The quantitative estimate of drug-likeness (QED) is 0.813. The number of rotatable bonds is 4. The first kappa shape index (κ1) is 9.96. The van der Waals surface area contributed by atoms with Crippen LogP contribution in [-0.4, -0.2) is 29.7 Å². The number of pyridine rings is 1. The molecule has 1 heterocycles. The minimum absolute atomic E-state index is 0.107. The van der Waals surface area contributed by atoms with Gasteiger partial charge >= 0.3 is 5.97 Å². The molecule has 2 rings (SSSR count). The Hall–Kier alpha value is -1.58. The van der Waals surface area contributed by atoms with Crippen molar-refractivity contribution in [2.45, 2.75) is 12.8 Å². The SMILES string of the molecule is CN(CC1CC1)c1ccnc(C(=O)O)c1. The zero-order chi connectivity index (χ0) is 10.8. The molecule has 0 aliphatic heterocycles. The lowest BCUT2D eigenvalue weighted by Crippen LogP contribution is -2.20. The molecular weight excluding hydrogens is 192 g/mol. The summed E-state index contributed by atoms with van der Waals surface area (Å²) >= 11 is 0. The highest BCUT2D eigenvalue weighted by atomic mass is 16.4. The van der Waals surface area contributed by atoms with Crippen LogP contribution in [0.1, 0.15) is 23.3 Å². The van der Waals surface area contributed by atoms with Crippen LogP contribution in [0.3, 0.4) is 0 Å². The topological polar surface area (TPSA) is 53.4 Å². The maximum absolute atomic E-state index is 10.7. The van der Waals surface area contributed by atoms with Crippen molar-refractivity contribution >= 4 is 11.7 Å². The molecule has 0 atom stereocenters. The molecular formula is C11H14N2O2. The molecule has 4 heteroatoms. The Morgan fingerprint density at radius 3 is 3.00 bits per heavy atom. The highest BCUT2D eigenvalue weighted by Gasteiger charge is 2.23. The molecule has 0 amide bonds. The Morgan fingerprint density at radius 1 is 1.67 bits per heavy atom. The second kappa shape index (κ2) is 3.88. The third-order valence-corrected chi connectivity index (χ3v) is 2.63. The monoisotopic (exact) mass is 206 g/mol. The Labute approximate surface area is 88.6 Å². The summed E-state index contributed by atoms with van der Waals surface area (Å²) in [6.45, 7) is 1.00. The van der Waals surface area contributed by atoms with Crippen molar-refractivity contribution in [2.24, 2.45) is 5.92 Å². The van der Waals surface area contributed by atoms with Gasteiger partial charge in [0.2, 0.25) is 0 Å². The average Bonchev–Trinajstić information content (AvgIpc) is 3.02. The highest BCUT2D eigenvalue weighted by molar-refractivity contribution is 5.86. The predicted molar refractivity (Wildman–Crippen MR) is 57.2 cm³/mol. The number of aromatic nitrogens is 1. The molecule has 0 saturated heterocycles. The van der Waals surface area contributed by atoms with Gasteiger partial charge in [-0.2, -0.15) is 0 Å². The van der Waals surface area contributed by atoms with Crippen molar-refractivity contribution < 1.29 is 9.90 Å². The number of hydrogen-bond donors (Lipinski definition) is 1. The first-order chi connectivity index (χ1) is 7.16. The molecule has 80 valence electrons. The molecule has 0 aromatic carbocycles. The van der Waals surface area contributed by atoms with Crippen LogP contribution in [0.15, 0.2) is 18.3 Å². The van der Waals surface area contributed by atoms with E-state index >= 15 is 0 Å². The molecule has 1 N–H and O–H groups in total. The molecule has 1 aromatic rings. The summed E-state index contributed by atoms with van der Waals surface area (Å²) < 4.78 is 0. The maximum atomic E-state index is 10.7. The molecule has 0 spiro atoms. The number of carbonyl (C=O) groups is 1. The zero-order valence-corrected chi connectivity index (χ0v) is 8.68. The van der Waals surface area contributed by atoms with Crippen LogP contribution >= 0.6 is 0 Å². The van der Waals surface area contributed by atoms with Gasteiger partial charge in [0.25, 0.3) is 0 Å². The molecule has 1 fully saturated rings. The van der Waals surface area contributed by atoms with Crippen LogP contribution in [0.25, 0.3) is 0 Å². The largest absolute Gasteiger partial charge is 0.477 e. The van der Waals surface area contributed by atoms with E-state index in [9.17, 15) is 4.79 Å². The lowest BCUT2D eigenvalue weighted by molar-refractivity contribution is 0.0690. The van der Waals surface area contributed by atoms with Crippen LogP contribution < -0.4 is 4.90 Å². The summed E-state index contributed by atoms with van der Waals surface area (Å²) in [7, 11) is 1.99. The van der Waals surface area contributed by atoms with Crippen LogP contribution in [0.5, 0.6) is 0 Å². The summed E-state index contributed by atoms with van der Waals surface area (Å²) in [5, 5.41) is 8.80. The van der Waals surface area contributed by atoms with Crippen LogP contribution in [0.4, 0.5) is 5.69 Å². The Morgan fingerprint density at radius 2 is 2.40 bits per heavy atom. The Bertz CT molecular complexity index is 375. The number of hydrogen-bond acceptors (Lipinski definition) is 3. The molecule has 0 bridgehead atoms. The maximum Gasteiger partial charge on any atom is 0.354 e. The van der Waals surface area contributed by atoms with Crippen molar-refractivity contribution in [3.05, 3.63) is 24.0 Å². The second-order valence-corrected chi connectivity index (χ2v) is 4.03. The number of anilines is 1. The van der Waals surface area contributed by atoms with E-state index in [-0.39, 0.29) is 5.69 Å². The van der Waals surface area contributed by atoms with Crippen molar-refractivity contribution in [2.75, 3.05) is 18.5 Å². The molecule has 0 radical (unpaired) electrons. The van der Waals surface area contributed by atoms with Gasteiger partial charge in [-0.3, -0.25) is 0 Å². The highest BCUT2D eigenvalue weighted by Crippen LogP contribution is 2.30. The normalized spacial score (nSPS) is 15.0. The van der Waals surface area contributed by atoms with Gasteiger partial charge in [-0.15, -0.1) is 0 Å². The standard InChI is InChI=1S/C11H14N2O2/c1-13(7-8-2-3-8)9-4-5-12-10(6-9)11(14)15/h4-6,8H,2-3,7H2,1H3,(H,14,15). The first-order valence-electron chi connectivity index (χ1n) is 5.07. The smallest absolute Gasteiger partial charge is 0.354 e. The third-order valence-electron chi connectivity index (χ3n) is 2.63. The van der Waals surface area contributed by atoms with Crippen LogP contribution in [0.2, 0.25) is 0 Å². The first-order valence-corrected chi connectivity index (χ1v) is 5.07. The van der Waals surface area contributed by atoms with E-state index in [1.165, 1.54) is 12.8 Å². The molecule has 1 aliphatic carbocycles. The molecule has 1 aromatic heterocycles. The van der Waals surface area contributed by atoms with Gasteiger partial charge in [-0.25, -0.2) is 9.78 Å². The fraction of sp³-hybridized carbons (Fsp3) is 0.455. The van der Waals surface area contributed by atoms with E-state index in [2.05, 4.69) is 9.88 Å². The number of aromatic carboxylic acids is 1. The van der Waals surface area contributed by atoms with E-state index in [4.69, 9.17) is 5.11 Å². The summed E-state index contributed by atoms with van der Waals surface area (Å²) in [5.74, 6) is -0.187. The second-order valence-electron chi connectivity index (χ2n) is 4.03. The van der Waals surface area contributed by atoms with E-state index in [0.717, 1.165) is 18.2 Å². The van der Waals surface area contributed by atoms with Crippen molar-refractivity contribution in [1.29, 1.82) is 0 Å². The number of nitrogens with zero attached hydrogens (tertiary/aromatic N) is 2. The predicted octanol–water partition coefficient (Wildman–Crippen LogP) is 1.63. The van der Waals surface area contributed by atoms with Gasteiger partial charge in [-0.1, -0.05) is 0 Å². The molecule has 15 heavy (non-hydrogen) atoms. The fourth-order valence-corrected chi connectivity index (χ4v) is 1.57. The number of carboxylic acid groups (broad SMARTS) is 1. The lowest BCUT2D eigenvalue weighted by Gasteiger charge is -2.18. The number of carboxylic acids is 1. The van der Waals surface area contributed by atoms with E-state index < -0.39 is 5.97 Å². The van der Waals surface area contributed by atoms with Crippen LogP contribution in [-0.2, 0) is 0 Å². The van der Waals surface area contributed by atoms with E-state index in [1.54, 1.807) is 12.3 Å². The molecule has 1 aliphatic rings. The summed E-state index contributed by atoms with van der Waals surface area (Å²) in [6, 6.07) is 3.46. The third kappa shape index (κ3) is 2.46. The molecule has 0 unspecified atom stereocenters. The Balaban J connectivity index is 2.11. The average molecular weight is 206 g/mol. The van der Waals surface area contributed by atoms with Crippen molar-refractivity contribution in [1.82, 2.24) is 4.98 Å². The minimum Gasteiger partial charge on any atom is -0.477 e. The van der Waals surface area contributed by atoms with E-state index in [1.807, 2.05) is 13.1 Å². The summed E-state index contributed by atoms with van der Waals surface area (Å²) in [6.07, 6.45) is 4.13. The minimum atomic E-state index is -0.975. The van der Waals surface area contributed by atoms with Crippen molar-refractivity contribution in [3.8, 4) is 0 Å². The van der Waals surface area contributed by atoms with Gasteiger partial charge in [0.05, 0.1) is 0 Å². The molecule has 1 saturated carbocycles. The Kier molecular flexibility index (Phi) is 2.58. The van der Waals surface area contributed by atoms with Gasteiger partial charge in [0.1, 0.15) is 5.69 Å². The van der Waals surface area contributed by atoms with Gasteiger partial charge in [0.15, 0.2) is 0 Å². The fourth-order valence-electron chi connectivity index (χ4n) is 1.57. The van der Waals surface area contributed by atoms with Gasteiger partial charge < -0.3 is 10.0 Å². The summed E-state index contributed by atoms with van der Waals surface area (Å²) in [4.78, 5) is 16.6. The van der Waals surface area contributed by atoms with Gasteiger partial charge in [-0.05, 0) is 30.9 Å². The van der Waals surface area contributed by atoms with Crippen molar-refractivity contribution in [3.63, 3.8) is 0 Å². The van der Waals surface area contributed by atoms with Crippen LogP contribution in [0, 0.1) is 5.92 Å². The molecule has 4 nitrogen and oxygen atoms in total. The van der Waals surface area contributed by atoms with Gasteiger partial charge in [0, 0.05) is 25.5 Å². The van der Waals surface area contributed by atoms with E-state index in [0.29, 0.717) is 0 Å².